The summed E-state index contributed by atoms with van der Waals surface area (Å²) in [4.78, 5) is 14.9. The van der Waals surface area contributed by atoms with Gasteiger partial charge in [-0.15, -0.1) is 12.4 Å². The van der Waals surface area contributed by atoms with E-state index in [1.54, 1.807) is 0 Å². The predicted octanol–water partition coefficient (Wildman–Crippen LogP) is 3.34. The average Bonchev–Trinajstić information content (AvgIpc) is 2.89. The summed E-state index contributed by atoms with van der Waals surface area (Å²) in [5.41, 5.74) is 4.06. The van der Waals surface area contributed by atoms with Crippen LogP contribution >= 0.6 is 12.4 Å². The highest BCUT2D eigenvalue weighted by Gasteiger charge is 2.25. The molecular weight excluding hydrogens is 322 g/mol. The van der Waals surface area contributed by atoms with Gasteiger partial charge in [0.1, 0.15) is 0 Å². The first-order chi connectivity index (χ1) is 11.1. The number of amides is 1. The Morgan fingerprint density at radius 3 is 2.33 bits per heavy atom. The van der Waals surface area contributed by atoms with Crippen molar-refractivity contribution >= 4 is 18.3 Å². The van der Waals surface area contributed by atoms with Crippen LogP contribution in [0.5, 0.6) is 0 Å². The van der Waals surface area contributed by atoms with Gasteiger partial charge in [-0.05, 0) is 51.9 Å². The van der Waals surface area contributed by atoms with Crippen molar-refractivity contribution in [1.82, 2.24) is 14.8 Å². The Morgan fingerprint density at radius 1 is 1.12 bits per heavy atom. The molecule has 1 N–H and O–H groups in total. The molecule has 1 aromatic heterocycles. The van der Waals surface area contributed by atoms with Crippen LogP contribution in [-0.4, -0.2) is 41.6 Å². The zero-order valence-corrected chi connectivity index (χ0v) is 15.4. The Hall–Kier alpha value is -1.78. The van der Waals surface area contributed by atoms with Crippen LogP contribution in [0.2, 0.25) is 0 Å². The molecule has 0 atom stereocenters. The number of halogens is 1. The van der Waals surface area contributed by atoms with Crippen molar-refractivity contribution in [3.63, 3.8) is 0 Å². The molecule has 1 saturated heterocycles. The van der Waals surface area contributed by atoms with Crippen LogP contribution in [0, 0.1) is 13.8 Å². The topological polar surface area (TPSA) is 37.3 Å². The summed E-state index contributed by atoms with van der Waals surface area (Å²) in [6.07, 6.45) is 2.05. The second kappa shape index (κ2) is 7.86. The van der Waals surface area contributed by atoms with Crippen LogP contribution in [0.3, 0.4) is 0 Å². The molecule has 4 nitrogen and oxygen atoms in total. The summed E-state index contributed by atoms with van der Waals surface area (Å²) in [6.45, 7) is 5.76. The second-order valence-corrected chi connectivity index (χ2v) is 6.31. The highest BCUT2D eigenvalue weighted by atomic mass is 35.5. The largest absolute Gasteiger partial charge is 0.338 e. The van der Waals surface area contributed by atoms with E-state index in [0.717, 1.165) is 48.6 Å². The summed E-state index contributed by atoms with van der Waals surface area (Å²) in [5.74, 6) is 0.162. The van der Waals surface area contributed by atoms with Crippen LogP contribution < -0.4 is 5.32 Å². The molecule has 2 aromatic rings. The minimum absolute atomic E-state index is 0. The third-order valence-electron chi connectivity index (χ3n) is 4.87. The lowest BCUT2D eigenvalue weighted by molar-refractivity contribution is 0.0706. The number of aryl methyl sites for hydroxylation is 1. The van der Waals surface area contributed by atoms with E-state index >= 15 is 0 Å². The summed E-state index contributed by atoms with van der Waals surface area (Å²) >= 11 is 0. The van der Waals surface area contributed by atoms with Gasteiger partial charge < -0.3 is 14.8 Å². The smallest absolute Gasteiger partial charge is 0.255 e. The highest BCUT2D eigenvalue weighted by Crippen LogP contribution is 2.23. The third kappa shape index (κ3) is 3.50. The average molecular weight is 348 g/mol. The number of likely N-dealkylation sites (tertiary alicyclic amines) is 1. The number of rotatable bonds is 3. The zero-order valence-electron chi connectivity index (χ0n) is 14.6. The van der Waals surface area contributed by atoms with Gasteiger partial charge in [0, 0.05) is 36.2 Å². The van der Waals surface area contributed by atoms with Gasteiger partial charge in [-0.25, -0.2) is 0 Å². The molecule has 0 saturated carbocycles. The Labute approximate surface area is 150 Å². The molecular formula is C19H26ClN3O. The van der Waals surface area contributed by atoms with Crippen LogP contribution in [0.25, 0.3) is 5.69 Å². The van der Waals surface area contributed by atoms with E-state index in [0.29, 0.717) is 6.04 Å². The van der Waals surface area contributed by atoms with Crippen LogP contribution in [0.1, 0.15) is 34.6 Å². The molecule has 0 bridgehead atoms. The van der Waals surface area contributed by atoms with E-state index in [1.165, 1.54) is 0 Å². The number of para-hydroxylation sites is 1. The fourth-order valence-electron chi connectivity index (χ4n) is 3.50. The second-order valence-electron chi connectivity index (χ2n) is 6.31. The molecule has 2 heterocycles. The molecule has 0 spiro atoms. The van der Waals surface area contributed by atoms with Gasteiger partial charge >= 0.3 is 0 Å². The van der Waals surface area contributed by atoms with Crippen molar-refractivity contribution in [1.29, 1.82) is 0 Å². The van der Waals surface area contributed by atoms with Crippen LogP contribution in [-0.2, 0) is 0 Å². The van der Waals surface area contributed by atoms with E-state index in [-0.39, 0.29) is 18.3 Å². The molecule has 0 radical (unpaired) electrons. The van der Waals surface area contributed by atoms with Gasteiger partial charge in [-0.1, -0.05) is 18.2 Å². The van der Waals surface area contributed by atoms with E-state index in [9.17, 15) is 4.79 Å². The van der Waals surface area contributed by atoms with Gasteiger partial charge in [-0.3, -0.25) is 4.79 Å². The number of nitrogens with one attached hydrogen (secondary N) is 1. The summed E-state index contributed by atoms with van der Waals surface area (Å²) in [6, 6.07) is 12.8. The lowest BCUT2D eigenvalue weighted by Gasteiger charge is -2.31. The van der Waals surface area contributed by atoms with E-state index in [4.69, 9.17) is 0 Å². The van der Waals surface area contributed by atoms with Gasteiger partial charge in [-0.2, -0.15) is 0 Å². The number of piperidine rings is 1. The molecule has 1 aliphatic heterocycles. The first-order valence-corrected chi connectivity index (χ1v) is 8.32. The Morgan fingerprint density at radius 2 is 1.75 bits per heavy atom. The van der Waals surface area contributed by atoms with E-state index in [1.807, 2.05) is 43.1 Å². The van der Waals surface area contributed by atoms with Crippen molar-refractivity contribution in [2.24, 2.45) is 0 Å². The number of aromatic nitrogens is 1. The highest BCUT2D eigenvalue weighted by molar-refractivity contribution is 5.96. The number of hydrogen-bond donors (Lipinski definition) is 1. The molecule has 1 aromatic carbocycles. The van der Waals surface area contributed by atoms with Crippen molar-refractivity contribution in [2.45, 2.75) is 32.7 Å². The quantitative estimate of drug-likeness (QED) is 0.924. The minimum atomic E-state index is 0. The van der Waals surface area contributed by atoms with Crippen molar-refractivity contribution in [3.05, 3.63) is 53.3 Å². The molecule has 24 heavy (non-hydrogen) atoms. The summed E-state index contributed by atoms with van der Waals surface area (Å²) in [5, 5.41) is 3.31. The molecule has 5 heteroatoms. The molecule has 1 aliphatic rings. The Balaban J connectivity index is 0.00000208. The molecule has 0 aliphatic carbocycles. The minimum Gasteiger partial charge on any atom is -0.338 e. The third-order valence-corrected chi connectivity index (χ3v) is 4.87. The van der Waals surface area contributed by atoms with Crippen LogP contribution in [0.15, 0.2) is 36.4 Å². The number of carbonyl (C=O) groups excluding carboxylic acids is 1. The molecule has 130 valence electrons. The first kappa shape index (κ1) is 18.6. The Kier molecular flexibility index (Phi) is 6.08. The summed E-state index contributed by atoms with van der Waals surface area (Å²) < 4.78 is 2.16. The van der Waals surface area contributed by atoms with Crippen molar-refractivity contribution in [3.8, 4) is 5.69 Å². The first-order valence-electron chi connectivity index (χ1n) is 8.32. The van der Waals surface area contributed by atoms with E-state index in [2.05, 4.69) is 28.9 Å². The SMILES string of the molecule is CNC1CCN(C(=O)c2cc(C)n(-c3ccccc3)c2C)CC1.Cl. The van der Waals surface area contributed by atoms with Gasteiger partial charge in [0.25, 0.3) is 5.91 Å². The van der Waals surface area contributed by atoms with Crippen molar-refractivity contribution < 1.29 is 4.79 Å². The summed E-state index contributed by atoms with van der Waals surface area (Å²) in [7, 11) is 2.00. The molecule has 3 rings (SSSR count). The van der Waals surface area contributed by atoms with Crippen LogP contribution in [0.4, 0.5) is 0 Å². The monoisotopic (exact) mass is 347 g/mol. The lowest BCUT2D eigenvalue weighted by atomic mass is 10.0. The molecule has 1 fully saturated rings. The van der Waals surface area contributed by atoms with Gasteiger partial charge in [0.15, 0.2) is 0 Å². The molecule has 1 amide bonds. The van der Waals surface area contributed by atoms with Gasteiger partial charge in [0.05, 0.1) is 5.56 Å². The lowest BCUT2D eigenvalue weighted by Crippen LogP contribution is -2.44. The van der Waals surface area contributed by atoms with Gasteiger partial charge in [0.2, 0.25) is 0 Å². The maximum Gasteiger partial charge on any atom is 0.255 e. The Bertz CT molecular complexity index is 688. The zero-order chi connectivity index (χ0) is 16.4. The maximum absolute atomic E-state index is 12.9. The van der Waals surface area contributed by atoms with Crippen molar-refractivity contribution in [2.75, 3.05) is 20.1 Å². The van der Waals surface area contributed by atoms with E-state index < -0.39 is 0 Å². The molecule has 0 unspecified atom stereocenters. The number of hydrogen-bond acceptors (Lipinski definition) is 2. The fraction of sp³-hybridized carbons (Fsp3) is 0.421. The standard InChI is InChI=1S/C19H25N3O.ClH/c1-14-13-18(15(2)22(14)17-7-5-4-6-8-17)19(23)21-11-9-16(20-3)10-12-21;/h4-8,13,16,20H,9-12H2,1-3H3;1H. The fourth-order valence-corrected chi connectivity index (χ4v) is 3.50. The normalized spacial score (nSPS) is 15.2. The number of benzene rings is 1. The predicted molar refractivity (Wildman–Crippen MR) is 100 cm³/mol. The number of carbonyl (C=O) groups is 1. The number of nitrogens with zero attached hydrogens (tertiary/aromatic N) is 2. The maximum atomic E-state index is 12.9.